The van der Waals surface area contributed by atoms with Gasteiger partial charge in [-0.2, -0.15) is 0 Å². The van der Waals surface area contributed by atoms with E-state index in [2.05, 4.69) is 4.99 Å². The summed E-state index contributed by atoms with van der Waals surface area (Å²) in [4.78, 5) is 3.90. The topological polar surface area (TPSA) is 12.4 Å². The first-order valence-electron chi connectivity index (χ1n) is 2.84. The highest BCUT2D eigenvalue weighted by Crippen LogP contribution is 2.06. The predicted octanol–water partition coefficient (Wildman–Crippen LogP) is 2.49. The Morgan fingerprint density at radius 1 is 1.67 bits per heavy atom. The van der Waals surface area contributed by atoms with E-state index in [4.69, 9.17) is 11.6 Å². The zero-order valence-corrected chi connectivity index (χ0v) is 6.02. The number of allylic oxidation sites excluding steroid dienone is 3. The molecule has 1 rings (SSSR count). The van der Waals surface area contributed by atoms with Crippen LogP contribution in [0.1, 0.15) is 13.3 Å². The quantitative estimate of drug-likeness (QED) is 0.492. The van der Waals surface area contributed by atoms with Crippen molar-refractivity contribution in [2.45, 2.75) is 13.3 Å². The van der Waals surface area contributed by atoms with E-state index in [-0.39, 0.29) is 0 Å². The summed E-state index contributed by atoms with van der Waals surface area (Å²) in [5, 5.41) is 0.571. The van der Waals surface area contributed by atoms with E-state index in [1.165, 1.54) is 5.57 Å². The summed E-state index contributed by atoms with van der Waals surface area (Å²) in [5.74, 6) is 0. The van der Waals surface area contributed by atoms with E-state index in [1.54, 1.807) is 6.20 Å². The monoisotopic (exact) mass is 141 g/mol. The van der Waals surface area contributed by atoms with Crippen LogP contribution in [0.2, 0.25) is 0 Å². The molecule has 48 valence electrons. The number of rotatable bonds is 0. The van der Waals surface area contributed by atoms with Crippen LogP contribution in [0.25, 0.3) is 0 Å². The van der Waals surface area contributed by atoms with Gasteiger partial charge >= 0.3 is 0 Å². The molecule has 0 aromatic carbocycles. The van der Waals surface area contributed by atoms with Gasteiger partial charge in [-0.05, 0) is 19.4 Å². The van der Waals surface area contributed by atoms with Crippen molar-refractivity contribution in [1.29, 1.82) is 0 Å². The highest BCUT2D eigenvalue weighted by molar-refractivity contribution is 6.68. The maximum absolute atomic E-state index is 5.64. The molecule has 0 aromatic heterocycles. The van der Waals surface area contributed by atoms with Crippen molar-refractivity contribution in [2.75, 3.05) is 0 Å². The van der Waals surface area contributed by atoms with Gasteiger partial charge in [0.25, 0.3) is 0 Å². The average molecular weight is 142 g/mol. The zero-order chi connectivity index (χ0) is 6.69. The second-order valence-electron chi connectivity index (χ2n) is 2.03. The Labute approximate surface area is 59.7 Å². The molecule has 0 aromatic rings. The van der Waals surface area contributed by atoms with Crippen LogP contribution >= 0.6 is 11.6 Å². The van der Waals surface area contributed by atoms with Crippen LogP contribution in [0, 0.1) is 0 Å². The fraction of sp³-hybridized carbons (Fsp3) is 0.286. The van der Waals surface area contributed by atoms with E-state index in [0.29, 0.717) is 5.17 Å². The average Bonchev–Trinajstić information content (AvgIpc) is 1.93. The van der Waals surface area contributed by atoms with Gasteiger partial charge in [0.05, 0.1) is 0 Å². The van der Waals surface area contributed by atoms with Gasteiger partial charge in [0.2, 0.25) is 0 Å². The minimum Gasteiger partial charge on any atom is -0.245 e. The summed E-state index contributed by atoms with van der Waals surface area (Å²) in [6.07, 6.45) is 6.55. The lowest BCUT2D eigenvalue weighted by Crippen LogP contribution is -1.78. The van der Waals surface area contributed by atoms with Crippen LogP contribution in [0.15, 0.2) is 28.9 Å². The Hall–Kier alpha value is -0.560. The molecular weight excluding hydrogens is 134 g/mol. The SMILES string of the molecule is CC1=CC(Cl)=NC=CC1. The third kappa shape index (κ3) is 2.02. The molecule has 0 radical (unpaired) electrons. The van der Waals surface area contributed by atoms with Crippen LogP contribution < -0.4 is 0 Å². The van der Waals surface area contributed by atoms with Crippen LogP contribution in [-0.2, 0) is 0 Å². The Kier molecular flexibility index (Phi) is 2.06. The summed E-state index contributed by atoms with van der Waals surface area (Å²) in [5.41, 5.74) is 1.25. The molecule has 0 aliphatic carbocycles. The van der Waals surface area contributed by atoms with Crippen molar-refractivity contribution < 1.29 is 0 Å². The molecule has 0 N–H and O–H groups in total. The number of aliphatic imine (C=N–C) groups is 1. The first kappa shape index (κ1) is 6.56. The van der Waals surface area contributed by atoms with Gasteiger partial charge in [-0.1, -0.05) is 23.3 Å². The van der Waals surface area contributed by atoms with Crippen LogP contribution in [0.5, 0.6) is 0 Å². The first-order chi connectivity index (χ1) is 4.29. The molecule has 2 heteroatoms. The molecule has 0 bridgehead atoms. The number of nitrogens with zero attached hydrogens (tertiary/aromatic N) is 1. The molecule has 0 saturated heterocycles. The number of hydrogen-bond acceptors (Lipinski definition) is 1. The van der Waals surface area contributed by atoms with Gasteiger partial charge in [0, 0.05) is 6.20 Å². The maximum Gasteiger partial charge on any atom is 0.128 e. The van der Waals surface area contributed by atoms with Crippen molar-refractivity contribution in [2.24, 2.45) is 4.99 Å². The van der Waals surface area contributed by atoms with Crippen LogP contribution in [-0.4, -0.2) is 5.17 Å². The van der Waals surface area contributed by atoms with E-state index in [0.717, 1.165) is 6.42 Å². The van der Waals surface area contributed by atoms with E-state index in [9.17, 15) is 0 Å². The second kappa shape index (κ2) is 2.83. The van der Waals surface area contributed by atoms with Gasteiger partial charge < -0.3 is 0 Å². The molecule has 9 heavy (non-hydrogen) atoms. The van der Waals surface area contributed by atoms with Gasteiger partial charge in [-0.15, -0.1) is 0 Å². The first-order valence-corrected chi connectivity index (χ1v) is 3.22. The van der Waals surface area contributed by atoms with Gasteiger partial charge in [-0.25, -0.2) is 4.99 Å². The van der Waals surface area contributed by atoms with E-state index < -0.39 is 0 Å². The predicted molar refractivity (Wildman–Crippen MR) is 40.8 cm³/mol. The molecule has 0 spiro atoms. The molecule has 1 aliphatic heterocycles. The summed E-state index contributed by atoms with van der Waals surface area (Å²) >= 11 is 5.64. The number of halogens is 1. The van der Waals surface area contributed by atoms with Gasteiger partial charge in [0.1, 0.15) is 5.17 Å². The lowest BCUT2D eigenvalue weighted by Gasteiger charge is -1.88. The summed E-state index contributed by atoms with van der Waals surface area (Å²) < 4.78 is 0. The molecule has 0 unspecified atom stereocenters. The standard InChI is InChI=1S/C7H8ClN/c1-6-3-2-4-9-7(8)5-6/h2,4-5H,3H2,1H3. The maximum atomic E-state index is 5.64. The lowest BCUT2D eigenvalue weighted by atomic mass is 10.2. The van der Waals surface area contributed by atoms with Crippen LogP contribution in [0.3, 0.4) is 0 Å². The molecule has 0 atom stereocenters. The Morgan fingerprint density at radius 2 is 2.44 bits per heavy atom. The fourth-order valence-corrected chi connectivity index (χ4v) is 0.905. The van der Waals surface area contributed by atoms with E-state index in [1.807, 2.05) is 19.1 Å². The molecule has 1 heterocycles. The Balaban J connectivity index is 2.82. The fourth-order valence-electron chi connectivity index (χ4n) is 0.662. The van der Waals surface area contributed by atoms with Crippen molar-refractivity contribution in [3.63, 3.8) is 0 Å². The molecular formula is C7H8ClN. The minimum absolute atomic E-state index is 0.571. The Bertz CT molecular complexity index is 189. The van der Waals surface area contributed by atoms with Crippen molar-refractivity contribution >= 4 is 16.8 Å². The van der Waals surface area contributed by atoms with Crippen molar-refractivity contribution in [1.82, 2.24) is 0 Å². The lowest BCUT2D eigenvalue weighted by molar-refractivity contribution is 1.22. The summed E-state index contributed by atoms with van der Waals surface area (Å²) in [7, 11) is 0. The van der Waals surface area contributed by atoms with Crippen molar-refractivity contribution in [3.05, 3.63) is 23.9 Å². The molecule has 0 fully saturated rings. The highest BCUT2D eigenvalue weighted by Gasteiger charge is 1.92. The van der Waals surface area contributed by atoms with Crippen LogP contribution in [0.4, 0.5) is 0 Å². The highest BCUT2D eigenvalue weighted by atomic mass is 35.5. The Morgan fingerprint density at radius 3 is 3.22 bits per heavy atom. The largest absolute Gasteiger partial charge is 0.245 e. The minimum atomic E-state index is 0.571. The zero-order valence-electron chi connectivity index (χ0n) is 5.26. The molecule has 1 nitrogen and oxygen atoms in total. The number of hydrogen-bond donors (Lipinski definition) is 0. The summed E-state index contributed by atoms with van der Waals surface area (Å²) in [6.45, 7) is 2.04. The third-order valence-corrected chi connectivity index (χ3v) is 1.32. The van der Waals surface area contributed by atoms with Gasteiger partial charge in [0.15, 0.2) is 0 Å². The van der Waals surface area contributed by atoms with E-state index >= 15 is 0 Å². The summed E-state index contributed by atoms with van der Waals surface area (Å²) in [6, 6.07) is 0. The third-order valence-electron chi connectivity index (χ3n) is 1.11. The molecule has 1 aliphatic rings. The normalized spacial score (nSPS) is 18.4. The van der Waals surface area contributed by atoms with Crippen molar-refractivity contribution in [3.8, 4) is 0 Å². The van der Waals surface area contributed by atoms with Gasteiger partial charge in [-0.3, -0.25) is 0 Å². The molecule has 0 amide bonds. The second-order valence-corrected chi connectivity index (χ2v) is 2.42. The molecule has 0 saturated carbocycles. The smallest absolute Gasteiger partial charge is 0.128 e.